The molecule has 54 valence electrons. The summed E-state index contributed by atoms with van der Waals surface area (Å²) in [6.07, 6.45) is 7.14. The molecule has 1 N–H and O–H groups in total. The molecule has 0 aromatic rings. The van der Waals surface area contributed by atoms with Gasteiger partial charge in [-0.25, -0.2) is 0 Å². The lowest BCUT2D eigenvalue weighted by Gasteiger charge is -1.92. The van der Waals surface area contributed by atoms with Gasteiger partial charge in [-0.1, -0.05) is 31.9 Å². The van der Waals surface area contributed by atoms with Crippen LogP contribution in [0.5, 0.6) is 0 Å². The normalized spacial score (nSPS) is 14.6. The number of rotatable bonds is 4. The van der Waals surface area contributed by atoms with Crippen molar-refractivity contribution in [3.63, 3.8) is 0 Å². The Balaban J connectivity index is 3.04. The molecule has 0 saturated carbocycles. The van der Waals surface area contributed by atoms with Crippen LogP contribution < -0.4 is 0 Å². The van der Waals surface area contributed by atoms with Crippen molar-refractivity contribution in [1.82, 2.24) is 0 Å². The maximum absolute atomic E-state index is 8.76. The summed E-state index contributed by atoms with van der Waals surface area (Å²) in [6.45, 7) is 3.93. The van der Waals surface area contributed by atoms with Crippen molar-refractivity contribution in [3.8, 4) is 0 Å². The molecule has 0 aliphatic heterocycles. The first-order chi connectivity index (χ1) is 4.27. The van der Waals surface area contributed by atoms with Gasteiger partial charge in [0.2, 0.25) is 0 Å². The molecular formula is C8H16O. The van der Waals surface area contributed by atoms with E-state index in [1.165, 1.54) is 12.8 Å². The summed E-state index contributed by atoms with van der Waals surface area (Å²) in [4.78, 5) is 0. The third-order valence-corrected chi connectivity index (χ3v) is 1.14. The first-order valence-electron chi connectivity index (χ1n) is 3.62. The van der Waals surface area contributed by atoms with Crippen LogP contribution in [0, 0.1) is 0 Å². The summed E-state index contributed by atoms with van der Waals surface area (Å²) in [6, 6.07) is 0. The van der Waals surface area contributed by atoms with Crippen LogP contribution >= 0.6 is 0 Å². The molecule has 0 aliphatic rings. The predicted octanol–water partition coefficient (Wildman–Crippen LogP) is 2.11. The molecule has 0 bridgehead atoms. The second-order valence-electron chi connectivity index (χ2n) is 2.31. The van der Waals surface area contributed by atoms with Gasteiger partial charge in [-0.2, -0.15) is 0 Å². The van der Waals surface area contributed by atoms with Gasteiger partial charge in [-0.05, 0) is 13.3 Å². The zero-order valence-electron chi connectivity index (χ0n) is 6.30. The molecular weight excluding hydrogens is 112 g/mol. The van der Waals surface area contributed by atoms with Crippen LogP contribution in [0.2, 0.25) is 0 Å². The van der Waals surface area contributed by atoms with E-state index in [4.69, 9.17) is 5.11 Å². The van der Waals surface area contributed by atoms with Crippen LogP contribution in [-0.2, 0) is 0 Å². The molecule has 0 fully saturated rings. The zero-order chi connectivity index (χ0) is 7.11. The van der Waals surface area contributed by atoms with E-state index in [1.807, 2.05) is 12.2 Å². The maximum Gasteiger partial charge on any atom is 0.0692 e. The number of aliphatic hydroxyl groups excluding tert-OH is 1. The maximum atomic E-state index is 8.76. The fraction of sp³-hybridized carbons (Fsp3) is 0.750. The Morgan fingerprint density at radius 2 is 2.22 bits per heavy atom. The van der Waals surface area contributed by atoms with E-state index in [0.717, 1.165) is 6.42 Å². The number of aliphatic hydroxyl groups is 1. The summed E-state index contributed by atoms with van der Waals surface area (Å²) < 4.78 is 0. The van der Waals surface area contributed by atoms with Crippen molar-refractivity contribution in [2.75, 3.05) is 0 Å². The Bertz CT molecular complexity index is 74.6. The topological polar surface area (TPSA) is 20.2 Å². The highest BCUT2D eigenvalue weighted by molar-refractivity contribution is 4.85. The molecule has 0 radical (unpaired) electrons. The van der Waals surface area contributed by atoms with Crippen molar-refractivity contribution in [2.45, 2.75) is 39.2 Å². The molecule has 0 amide bonds. The molecule has 9 heavy (non-hydrogen) atoms. The lowest BCUT2D eigenvalue weighted by atomic mass is 10.2. The quantitative estimate of drug-likeness (QED) is 0.454. The molecule has 0 saturated heterocycles. The minimum atomic E-state index is -0.276. The van der Waals surface area contributed by atoms with Crippen LogP contribution in [0.3, 0.4) is 0 Å². The molecule has 1 nitrogen and oxygen atoms in total. The van der Waals surface area contributed by atoms with Gasteiger partial charge in [0.05, 0.1) is 6.10 Å². The van der Waals surface area contributed by atoms with E-state index in [9.17, 15) is 0 Å². The highest BCUT2D eigenvalue weighted by atomic mass is 16.3. The van der Waals surface area contributed by atoms with Gasteiger partial charge in [-0.15, -0.1) is 0 Å². The highest BCUT2D eigenvalue weighted by Gasteiger charge is 1.83. The summed E-state index contributed by atoms with van der Waals surface area (Å²) in [7, 11) is 0. The first kappa shape index (κ1) is 8.70. The summed E-state index contributed by atoms with van der Waals surface area (Å²) in [5.41, 5.74) is 0. The fourth-order valence-electron chi connectivity index (χ4n) is 0.615. The fourth-order valence-corrected chi connectivity index (χ4v) is 0.615. The van der Waals surface area contributed by atoms with Gasteiger partial charge in [0, 0.05) is 0 Å². The van der Waals surface area contributed by atoms with Crippen molar-refractivity contribution in [3.05, 3.63) is 12.2 Å². The van der Waals surface area contributed by atoms with Crippen LogP contribution in [-0.4, -0.2) is 11.2 Å². The zero-order valence-corrected chi connectivity index (χ0v) is 6.30. The Morgan fingerprint density at radius 3 is 2.67 bits per heavy atom. The van der Waals surface area contributed by atoms with Crippen LogP contribution in [0.1, 0.15) is 33.1 Å². The Hall–Kier alpha value is -0.300. The molecule has 1 heteroatoms. The number of hydrogen-bond acceptors (Lipinski definition) is 1. The van der Waals surface area contributed by atoms with Gasteiger partial charge in [0.1, 0.15) is 0 Å². The molecule has 0 rings (SSSR count). The molecule has 0 aromatic heterocycles. The lowest BCUT2D eigenvalue weighted by molar-refractivity contribution is 0.244. The molecule has 1 atom stereocenters. The first-order valence-corrected chi connectivity index (χ1v) is 3.62. The van der Waals surface area contributed by atoms with Crippen molar-refractivity contribution < 1.29 is 5.11 Å². The van der Waals surface area contributed by atoms with Crippen LogP contribution in [0.4, 0.5) is 0 Å². The second kappa shape index (κ2) is 5.83. The minimum Gasteiger partial charge on any atom is -0.389 e. The van der Waals surface area contributed by atoms with E-state index in [-0.39, 0.29) is 6.10 Å². The second-order valence-corrected chi connectivity index (χ2v) is 2.31. The Morgan fingerprint density at radius 1 is 1.56 bits per heavy atom. The third kappa shape index (κ3) is 7.70. The van der Waals surface area contributed by atoms with Crippen molar-refractivity contribution in [1.29, 1.82) is 0 Å². The number of allylic oxidation sites excluding steroid dienone is 1. The smallest absolute Gasteiger partial charge is 0.0692 e. The van der Waals surface area contributed by atoms with E-state index >= 15 is 0 Å². The monoisotopic (exact) mass is 128 g/mol. The van der Waals surface area contributed by atoms with E-state index in [1.54, 1.807) is 6.92 Å². The summed E-state index contributed by atoms with van der Waals surface area (Å²) >= 11 is 0. The molecule has 0 heterocycles. The third-order valence-electron chi connectivity index (χ3n) is 1.14. The minimum absolute atomic E-state index is 0.276. The average molecular weight is 128 g/mol. The van der Waals surface area contributed by atoms with Gasteiger partial charge < -0.3 is 5.11 Å². The SMILES string of the molecule is CCCCC=C[C@@H](C)O. The Labute approximate surface area is 57.4 Å². The van der Waals surface area contributed by atoms with E-state index < -0.39 is 0 Å². The summed E-state index contributed by atoms with van der Waals surface area (Å²) in [5, 5.41) is 8.76. The molecule has 0 aliphatic carbocycles. The van der Waals surface area contributed by atoms with E-state index in [2.05, 4.69) is 6.92 Å². The van der Waals surface area contributed by atoms with Crippen LogP contribution in [0.25, 0.3) is 0 Å². The molecule has 0 spiro atoms. The lowest BCUT2D eigenvalue weighted by Crippen LogP contribution is -1.91. The van der Waals surface area contributed by atoms with Crippen molar-refractivity contribution in [2.24, 2.45) is 0 Å². The van der Waals surface area contributed by atoms with Crippen LogP contribution in [0.15, 0.2) is 12.2 Å². The summed E-state index contributed by atoms with van der Waals surface area (Å²) in [5.74, 6) is 0. The molecule has 0 unspecified atom stereocenters. The Kier molecular flexibility index (Phi) is 5.64. The standard InChI is InChI=1S/C8H16O/c1-3-4-5-6-7-8(2)9/h6-9H,3-5H2,1-2H3/t8-/m1/s1. The van der Waals surface area contributed by atoms with E-state index in [0.29, 0.717) is 0 Å². The van der Waals surface area contributed by atoms with Gasteiger partial charge >= 0.3 is 0 Å². The average Bonchev–Trinajstić information content (AvgIpc) is 1.80. The number of unbranched alkanes of at least 4 members (excludes halogenated alkanes) is 2. The predicted molar refractivity (Wildman–Crippen MR) is 40.3 cm³/mol. The highest BCUT2D eigenvalue weighted by Crippen LogP contribution is 1.95. The van der Waals surface area contributed by atoms with Gasteiger partial charge in [0.15, 0.2) is 0 Å². The number of hydrogen-bond donors (Lipinski definition) is 1. The largest absolute Gasteiger partial charge is 0.389 e. The van der Waals surface area contributed by atoms with Gasteiger partial charge in [0.25, 0.3) is 0 Å². The van der Waals surface area contributed by atoms with Gasteiger partial charge in [-0.3, -0.25) is 0 Å². The van der Waals surface area contributed by atoms with Crippen molar-refractivity contribution >= 4 is 0 Å². The molecule has 0 aromatic carbocycles.